The summed E-state index contributed by atoms with van der Waals surface area (Å²) in [6.45, 7) is 1.60. The Balaban J connectivity index is 1.96. The van der Waals surface area contributed by atoms with Crippen LogP contribution in [0.4, 0.5) is 5.69 Å². The highest BCUT2D eigenvalue weighted by Gasteiger charge is 2.21. The zero-order valence-electron chi connectivity index (χ0n) is 10.5. The lowest BCUT2D eigenvalue weighted by atomic mass is 10.1. The van der Waals surface area contributed by atoms with Crippen molar-refractivity contribution in [3.63, 3.8) is 0 Å². The van der Waals surface area contributed by atoms with Crippen LogP contribution in [0, 0.1) is 0 Å². The minimum atomic E-state index is 0.0793. The minimum Gasteiger partial charge on any atom is -0.305 e. The normalized spacial score (nSPS) is 14.9. The summed E-state index contributed by atoms with van der Waals surface area (Å²) in [5.74, 6) is 0.0793. The number of rotatable bonds is 2. The zero-order valence-corrected chi connectivity index (χ0v) is 10.5. The molecule has 0 saturated heterocycles. The number of nitrogens with zero attached hydrogens (tertiary/aromatic N) is 2. The molecule has 1 N–H and O–H groups in total. The number of fused-ring (bicyclic) bond motifs is 1. The molecule has 0 bridgehead atoms. The first kappa shape index (κ1) is 11.9. The van der Waals surface area contributed by atoms with E-state index in [9.17, 15) is 4.79 Å². The van der Waals surface area contributed by atoms with Gasteiger partial charge in [0, 0.05) is 18.4 Å². The van der Waals surface area contributed by atoms with E-state index in [1.165, 1.54) is 0 Å². The molecule has 19 heavy (non-hydrogen) atoms. The summed E-state index contributed by atoms with van der Waals surface area (Å²) in [5.41, 5.74) is 3.01. The second-order valence-electron chi connectivity index (χ2n) is 4.53. The Labute approximate surface area is 112 Å². The summed E-state index contributed by atoms with van der Waals surface area (Å²) < 4.78 is 0. The number of carbonyl (C=O) groups excluding carboxylic acids is 1. The van der Waals surface area contributed by atoms with E-state index in [1.807, 2.05) is 42.5 Å². The molecule has 0 unspecified atom stereocenters. The van der Waals surface area contributed by atoms with Gasteiger partial charge in [0.2, 0.25) is 5.91 Å². The van der Waals surface area contributed by atoms with Gasteiger partial charge in [-0.3, -0.25) is 9.78 Å². The smallest absolute Gasteiger partial charge is 0.241 e. The Kier molecular flexibility index (Phi) is 3.25. The molecule has 2 heterocycles. The maximum Gasteiger partial charge on any atom is 0.241 e. The van der Waals surface area contributed by atoms with Crippen molar-refractivity contribution in [2.45, 2.75) is 13.1 Å². The Hall–Kier alpha value is -2.20. The first-order chi connectivity index (χ1) is 9.34. The highest BCUT2D eigenvalue weighted by Crippen LogP contribution is 2.23. The minimum absolute atomic E-state index is 0.0793. The van der Waals surface area contributed by atoms with E-state index < -0.39 is 0 Å². The molecule has 0 aliphatic carbocycles. The molecule has 4 heteroatoms. The van der Waals surface area contributed by atoms with E-state index in [-0.39, 0.29) is 5.91 Å². The predicted molar refractivity (Wildman–Crippen MR) is 73.6 cm³/mol. The zero-order chi connectivity index (χ0) is 13.1. The van der Waals surface area contributed by atoms with E-state index in [0.29, 0.717) is 13.1 Å². The molecule has 1 amide bonds. The number of carbonyl (C=O) groups is 1. The van der Waals surface area contributed by atoms with Crippen LogP contribution in [0.3, 0.4) is 0 Å². The van der Waals surface area contributed by atoms with E-state index in [2.05, 4.69) is 10.3 Å². The highest BCUT2D eigenvalue weighted by atomic mass is 16.2. The van der Waals surface area contributed by atoms with Crippen LogP contribution < -0.4 is 10.2 Å². The van der Waals surface area contributed by atoms with E-state index in [1.54, 1.807) is 11.1 Å². The van der Waals surface area contributed by atoms with Gasteiger partial charge in [0.15, 0.2) is 0 Å². The van der Waals surface area contributed by atoms with Crippen molar-refractivity contribution in [1.82, 2.24) is 10.3 Å². The number of aromatic nitrogens is 1. The number of amides is 1. The van der Waals surface area contributed by atoms with Gasteiger partial charge in [0.05, 0.1) is 18.8 Å². The Morgan fingerprint density at radius 3 is 2.79 bits per heavy atom. The van der Waals surface area contributed by atoms with Crippen molar-refractivity contribution in [2.75, 3.05) is 11.4 Å². The topological polar surface area (TPSA) is 45.2 Å². The summed E-state index contributed by atoms with van der Waals surface area (Å²) in [7, 11) is 0. The summed E-state index contributed by atoms with van der Waals surface area (Å²) in [6.07, 6.45) is 1.75. The van der Waals surface area contributed by atoms with E-state index in [0.717, 1.165) is 23.5 Å². The Morgan fingerprint density at radius 2 is 1.95 bits per heavy atom. The lowest BCUT2D eigenvalue weighted by Crippen LogP contribution is -2.35. The number of hydrogen-bond acceptors (Lipinski definition) is 3. The molecule has 0 saturated carbocycles. The second kappa shape index (κ2) is 5.20. The van der Waals surface area contributed by atoms with Crippen LogP contribution in [0.25, 0.3) is 0 Å². The van der Waals surface area contributed by atoms with Gasteiger partial charge in [-0.15, -0.1) is 0 Å². The standard InChI is InChI=1S/C15H15N3O/c19-15-10-16-9-12-5-1-2-7-14(12)18(15)11-13-6-3-4-8-17-13/h1-8,16H,9-11H2. The van der Waals surface area contributed by atoms with Crippen LogP contribution in [0.15, 0.2) is 48.7 Å². The second-order valence-corrected chi connectivity index (χ2v) is 4.53. The molecule has 96 valence electrons. The highest BCUT2D eigenvalue weighted by molar-refractivity contribution is 5.96. The molecule has 1 aromatic heterocycles. The molecular weight excluding hydrogens is 238 g/mol. The lowest BCUT2D eigenvalue weighted by molar-refractivity contribution is -0.117. The monoisotopic (exact) mass is 253 g/mol. The van der Waals surface area contributed by atoms with Crippen LogP contribution >= 0.6 is 0 Å². The fourth-order valence-corrected chi connectivity index (χ4v) is 2.28. The largest absolute Gasteiger partial charge is 0.305 e. The first-order valence-corrected chi connectivity index (χ1v) is 6.33. The van der Waals surface area contributed by atoms with Crippen molar-refractivity contribution >= 4 is 11.6 Å². The van der Waals surface area contributed by atoms with Crippen LogP contribution in [-0.2, 0) is 17.9 Å². The van der Waals surface area contributed by atoms with Crippen LogP contribution in [0.1, 0.15) is 11.3 Å². The molecular formula is C15H15N3O. The van der Waals surface area contributed by atoms with Crippen molar-refractivity contribution in [3.8, 4) is 0 Å². The average Bonchev–Trinajstić information content (AvgIpc) is 2.61. The molecule has 0 fully saturated rings. The molecule has 4 nitrogen and oxygen atoms in total. The summed E-state index contributed by atoms with van der Waals surface area (Å²) in [5, 5.41) is 3.16. The summed E-state index contributed by atoms with van der Waals surface area (Å²) in [4.78, 5) is 18.3. The maximum absolute atomic E-state index is 12.2. The first-order valence-electron chi connectivity index (χ1n) is 6.33. The molecule has 0 radical (unpaired) electrons. The number of anilines is 1. The Morgan fingerprint density at radius 1 is 1.11 bits per heavy atom. The number of benzene rings is 1. The van der Waals surface area contributed by atoms with E-state index in [4.69, 9.17) is 0 Å². The average molecular weight is 253 g/mol. The SMILES string of the molecule is O=C1CNCc2ccccc2N1Cc1ccccn1. The van der Waals surface area contributed by atoms with Crippen LogP contribution in [-0.4, -0.2) is 17.4 Å². The van der Waals surface area contributed by atoms with Crippen molar-refractivity contribution < 1.29 is 4.79 Å². The molecule has 0 spiro atoms. The molecule has 2 aromatic rings. The molecule has 1 aliphatic heterocycles. The van der Waals surface area contributed by atoms with Gasteiger partial charge >= 0.3 is 0 Å². The van der Waals surface area contributed by atoms with Gasteiger partial charge in [-0.05, 0) is 23.8 Å². The number of para-hydroxylation sites is 1. The Bertz CT molecular complexity index is 583. The number of nitrogens with one attached hydrogen (secondary N) is 1. The molecule has 1 aliphatic rings. The van der Waals surface area contributed by atoms with Gasteiger partial charge in [0.25, 0.3) is 0 Å². The van der Waals surface area contributed by atoms with E-state index >= 15 is 0 Å². The third kappa shape index (κ3) is 2.48. The predicted octanol–water partition coefficient (Wildman–Crippen LogP) is 1.72. The van der Waals surface area contributed by atoms with Gasteiger partial charge in [0.1, 0.15) is 0 Å². The summed E-state index contributed by atoms with van der Waals surface area (Å²) >= 11 is 0. The van der Waals surface area contributed by atoms with Crippen LogP contribution in [0.2, 0.25) is 0 Å². The van der Waals surface area contributed by atoms with Crippen molar-refractivity contribution in [3.05, 3.63) is 59.9 Å². The third-order valence-electron chi connectivity index (χ3n) is 3.22. The number of hydrogen-bond donors (Lipinski definition) is 1. The fraction of sp³-hybridized carbons (Fsp3) is 0.200. The van der Waals surface area contributed by atoms with Crippen molar-refractivity contribution in [2.24, 2.45) is 0 Å². The van der Waals surface area contributed by atoms with Gasteiger partial charge < -0.3 is 10.2 Å². The van der Waals surface area contributed by atoms with Crippen LogP contribution in [0.5, 0.6) is 0 Å². The van der Waals surface area contributed by atoms with Gasteiger partial charge in [-0.25, -0.2) is 0 Å². The molecule has 1 aromatic carbocycles. The van der Waals surface area contributed by atoms with Crippen molar-refractivity contribution in [1.29, 1.82) is 0 Å². The quantitative estimate of drug-likeness (QED) is 0.886. The summed E-state index contributed by atoms with van der Waals surface area (Å²) in [6, 6.07) is 13.7. The maximum atomic E-state index is 12.2. The fourth-order valence-electron chi connectivity index (χ4n) is 2.28. The van der Waals surface area contributed by atoms with Gasteiger partial charge in [-0.2, -0.15) is 0 Å². The molecule has 3 rings (SSSR count). The number of pyridine rings is 1. The third-order valence-corrected chi connectivity index (χ3v) is 3.22. The van der Waals surface area contributed by atoms with Gasteiger partial charge in [-0.1, -0.05) is 24.3 Å². The molecule has 0 atom stereocenters. The lowest BCUT2D eigenvalue weighted by Gasteiger charge is -2.22.